The lowest BCUT2D eigenvalue weighted by Crippen LogP contribution is -2.29. The predicted molar refractivity (Wildman–Crippen MR) is 108 cm³/mol. The van der Waals surface area contributed by atoms with Gasteiger partial charge >= 0.3 is 0 Å². The minimum Gasteiger partial charge on any atom is -0.508 e. The monoisotopic (exact) mass is 348 g/mol. The maximum Gasteiger partial charge on any atom is 0.116 e. The first-order valence-electron chi connectivity index (χ1n) is 9.66. The Morgan fingerprint density at radius 1 is 1.08 bits per heavy atom. The molecule has 2 heterocycles. The molecule has 1 aliphatic heterocycles. The molecule has 1 fully saturated rings. The highest BCUT2D eigenvalue weighted by atomic mass is 16.3. The molecule has 1 saturated heterocycles. The summed E-state index contributed by atoms with van der Waals surface area (Å²) < 4.78 is 2.41. The fourth-order valence-corrected chi connectivity index (χ4v) is 4.38. The molecular formula is C23H28N2O. The number of aryl methyl sites for hydroxylation is 3. The molecule has 136 valence electrons. The van der Waals surface area contributed by atoms with Crippen molar-refractivity contribution in [3.63, 3.8) is 0 Å². The summed E-state index contributed by atoms with van der Waals surface area (Å²) in [6, 6.07) is 14.5. The molecule has 26 heavy (non-hydrogen) atoms. The number of hydrogen-bond donors (Lipinski definition) is 1. The molecule has 4 rings (SSSR count). The van der Waals surface area contributed by atoms with E-state index >= 15 is 0 Å². The molecule has 0 amide bonds. The number of benzene rings is 2. The summed E-state index contributed by atoms with van der Waals surface area (Å²) in [5.41, 5.74) is 5.23. The Balaban J connectivity index is 1.70. The van der Waals surface area contributed by atoms with Gasteiger partial charge in [-0.3, -0.25) is 0 Å². The third-order valence-corrected chi connectivity index (χ3v) is 5.82. The molecule has 0 atom stereocenters. The standard InChI is InChI=1S/C23H28N2O/c1-17-14-20(26)15-21-22(19-9-11-24(2)12-10-19)16-25(23(17)21)13-8-18-6-4-3-5-7-18/h3-7,14-16,19,26H,8-13H2,1-2H3. The molecule has 3 heteroatoms. The van der Waals surface area contributed by atoms with Crippen LogP contribution < -0.4 is 0 Å². The summed E-state index contributed by atoms with van der Waals surface area (Å²) in [5.74, 6) is 0.970. The number of phenolic OH excluding ortho intramolecular Hbond substituents is 1. The summed E-state index contributed by atoms with van der Waals surface area (Å²) >= 11 is 0. The van der Waals surface area contributed by atoms with Crippen LogP contribution in [0.25, 0.3) is 10.9 Å². The smallest absolute Gasteiger partial charge is 0.116 e. The van der Waals surface area contributed by atoms with Gasteiger partial charge < -0.3 is 14.6 Å². The number of piperidine rings is 1. The lowest BCUT2D eigenvalue weighted by Gasteiger charge is -2.28. The molecule has 2 aromatic carbocycles. The molecule has 1 aromatic heterocycles. The summed E-state index contributed by atoms with van der Waals surface area (Å²) in [4.78, 5) is 2.41. The van der Waals surface area contributed by atoms with E-state index < -0.39 is 0 Å². The van der Waals surface area contributed by atoms with Crippen molar-refractivity contribution in [3.8, 4) is 5.75 Å². The van der Waals surface area contributed by atoms with Gasteiger partial charge in [-0.1, -0.05) is 30.3 Å². The van der Waals surface area contributed by atoms with Crippen LogP contribution in [0.2, 0.25) is 0 Å². The van der Waals surface area contributed by atoms with Crippen molar-refractivity contribution in [1.82, 2.24) is 9.47 Å². The number of likely N-dealkylation sites (tertiary alicyclic amines) is 1. The molecule has 1 N–H and O–H groups in total. The van der Waals surface area contributed by atoms with Crippen LogP contribution in [0.4, 0.5) is 0 Å². The predicted octanol–water partition coefficient (Wildman–Crippen LogP) is 4.71. The van der Waals surface area contributed by atoms with Crippen LogP contribution >= 0.6 is 0 Å². The topological polar surface area (TPSA) is 28.4 Å². The zero-order valence-electron chi connectivity index (χ0n) is 15.8. The second-order valence-corrected chi connectivity index (χ2v) is 7.75. The minimum atomic E-state index is 0.380. The average Bonchev–Trinajstić information content (AvgIpc) is 3.00. The van der Waals surface area contributed by atoms with E-state index in [0.29, 0.717) is 11.7 Å². The van der Waals surface area contributed by atoms with Crippen molar-refractivity contribution in [1.29, 1.82) is 0 Å². The molecule has 0 bridgehead atoms. The van der Waals surface area contributed by atoms with E-state index in [1.807, 2.05) is 12.1 Å². The van der Waals surface area contributed by atoms with E-state index in [1.165, 1.54) is 34.9 Å². The van der Waals surface area contributed by atoms with Crippen LogP contribution in [0.15, 0.2) is 48.7 Å². The fourth-order valence-electron chi connectivity index (χ4n) is 4.38. The molecule has 0 unspecified atom stereocenters. The Labute approximate surface area is 155 Å². The summed E-state index contributed by atoms with van der Waals surface area (Å²) in [6.45, 7) is 5.39. The zero-order chi connectivity index (χ0) is 18.1. The maximum atomic E-state index is 10.2. The quantitative estimate of drug-likeness (QED) is 0.740. The highest BCUT2D eigenvalue weighted by Crippen LogP contribution is 2.37. The minimum absolute atomic E-state index is 0.380. The molecule has 0 radical (unpaired) electrons. The Morgan fingerprint density at radius 3 is 2.54 bits per heavy atom. The van der Waals surface area contributed by atoms with Crippen LogP contribution in [0.5, 0.6) is 5.75 Å². The lowest BCUT2D eigenvalue weighted by atomic mass is 9.89. The van der Waals surface area contributed by atoms with Gasteiger partial charge in [0.15, 0.2) is 0 Å². The normalized spacial score (nSPS) is 16.4. The highest BCUT2D eigenvalue weighted by Gasteiger charge is 2.23. The molecule has 0 spiro atoms. The van der Waals surface area contributed by atoms with Crippen molar-refractivity contribution in [2.75, 3.05) is 20.1 Å². The van der Waals surface area contributed by atoms with Gasteiger partial charge in [0, 0.05) is 18.1 Å². The van der Waals surface area contributed by atoms with Gasteiger partial charge in [-0.05, 0) is 81.1 Å². The number of nitrogens with zero attached hydrogens (tertiary/aromatic N) is 2. The van der Waals surface area contributed by atoms with Gasteiger partial charge in [-0.25, -0.2) is 0 Å². The largest absolute Gasteiger partial charge is 0.508 e. The zero-order valence-corrected chi connectivity index (χ0v) is 15.8. The number of phenols is 1. The van der Waals surface area contributed by atoms with Crippen molar-refractivity contribution >= 4 is 10.9 Å². The van der Waals surface area contributed by atoms with Crippen molar-refractivity contribution in [3.05, 3.63) is 65.4 Å². The lowest BCUT2D eigenvalue weighted by molar-refractivity contribution is 0.256. The SMILES string of the molecule is Cc1cc(O)cc2c(C3CCN(C)CC3)cn(CCc3ccccc3)c12. The molecular weight excluding hydrogens is 320 g/mol. The fraction of sp³-hybridized carbons (Fsp3) is 0.391. The Kier molecular flexibility index (Phi) is 4.73. The number of rotatable bonds is 4. The molecule has 0 aliphatic carbocycles. The van der Waals surface area contributed by atoms with Gasteiger partial charge in [0.2, 0.25) is 0 Å². The van der Waals surface area contributed by atoms with Crippen LogP contribution in [-0.2, 0) is 13.0 Å². The van der Waals surface area contributed by atoms with Crippen molar-refractivity contribution < 1.29 is 5.11 Å². The highest BCUT2D eigenvalue weighted by molar-refractivity contribution is 5.88. The van der Waals surface area contributed by atoms with Gasteiger partial charge in [-0.2, -0.15) is 0 Å². The number of aromatic hydroxyl groups is 1. The van der Waals surface area contributed by atoms with Gasteiger partial charge in [0.25, 0.3) is 0 Å². The first kappa shape index (κ1) is 17.2. The Hall–Kier alpha value is -2.26. The first-order chi connectivity index (χ1) is 12.6. The van der Waals surface area contributed by atoms with Crippen LogP contribution in [0.3, 0.4) is 0 Å². The summed E-state index contributed by atoms with van der Waals surface area (Å²) in [5, 5.41) is 11.4. The second-order valence-electron chi connectivity index (χ2n) is 7.75. The summed E-state index contributed by atoms with van der Waals surface area (Å²) in [7, 11) is 2.20. The van der Waals surface area contributed by atoms with Crippen molar-refractivity contribution in [2.45, 2.75) is 38.6 Å². The molecule has 3 aromatic rings. The average molecular weight is 348 g/mol. The summed E-state index contributed by atoms with van der Waals surface area (Å²) in [6.07, 6.45) is 5.78. The van der Waals surface area contributed by atoms with Crippen LogP contribution in [-0.4, -0.2) is 34.7 Å². The van der Waals surface area contributed by atoms with E-state index in [2.05, 4.69) is 60.0 Å². The Bertz CT molecular complexity index is 889. The van der Waals surface area contributed by atoms with Gasteiger partial charge in [-0.15, -0.1) is 0 Å². The van der Waals surface area contributed by atoms with Gasteiger partial charge in [0.1, 0.15) is 5.75 Å². The molecule has 1 aliphatic rings. The number of hydrogen-bond acceptors (Lipinski definition) is 2. The van der Waals surface area contributed by atoms with Crippen LogP contribution in [0, 0.1) is 6.92 Å². The number of fused-ring (bicyclic) bond motifs is 1. The van der Waals surface area contributed by atoms with Gasteiger partial charge in [0.05, 0.1) is 5.52 Å². The Morgan fingerprint density at radius 2 is 1.81 bits per heavy atom. The second kappa shape index (κ2) is 7.16. The number of aromatic nitrogens is 1. The molecule has 3 nitrogen and oxygen atoms in total. The van der Waals surface area contributed by atoms with E-state index in [9.17, 15) is 5.11 Å². The third-order valence-electron chi connectivity index (χ3n) is 5.82. The van der Waals surface area contributed by atoms with E-state index in [0.717, 1.165) is 31.6 Å². The first-order valence-corrected chi connectivity index (χ1v) is 9.66. The van der Waals surface area contributed by atoms with Crippen LogP contribution in [0.1, 0.15) is 35.4 Å². The molecule has 0 saturated carbocycles. The van der Waals surface area contributed by atoms with Crippen molar-refractivity contribution in [2.24, 2.45) is 0 Å². The van der Waals surface area contributed by atoms with E-state index in [-0.39, 0.29) is 0 Å². The third kappa shape index (κ3) is 3.36. The maximum absolute atomic E-state index is 10.2. The van der Waals surface area contributed by atoms with E-state index in [4.69, 9.17) is 0 Å². The van der Waals surface area contributed by atoms with E-state index in [1.54, 1.807) is 0 Å².